The number of nitrogens with one attached hydrogen (secondary N) is 1. The molecule has 0 radical (unpaired) electrons. The maximum atomic E-state index is 11.4. The molecule has 1 aromatic rings. The van der Waals surface area contributed by atoms with Crippen LogP contribution in [0, 0.1) is 0 Å². The second kappa shape index (κ2) is 3.81. The number of hydrogen-bond donors (Lipinski definition) is 1. The summed E-state index contributed by atoms with van der Waals surface area (Å²) in [6.07, 6.45) is 3.48. The summed E-state index contributed by atoms with van der Waals surface area (Å²) in [7, 11) is -2.78. The topological polar surface area (TPSA) is 64.0 Å². The highest BCUT2D eigenvalue weighted by Gasteiger charge is 2.28. The van der Waals surface area contributed by atoms with Crippen molar-refractivity contribution in [2.75, 3.05) is 11.5 Å². The quantitative estimate of drug-likeness (QED) is 0.806. The molecule has 2 aliphatic rings. The fourth-order valence-electron chi connectivity index (χ4n) is 2.63. The monoisotopic (exact) mass is 255 g/mol. The molecule has 0 aliphatic carbocycles. The fraction of sp³-hybridized carbons (Fsp3) is 0.727. The van der Waals surface area contributed by atoms with Crippen molar-refractivity contribution >= 4 is 9.84 Å². The Labute approximate surface area is 101 Å². The molecule has 0 spiro atoms. The van der Waals surface area contributed by atoms with E-state index in [9.17, 15) is 8.42 Å². The first-order valence-corrected chi connectivity index (χ1v) is 7.89. The average Bonchev–Trinajstić information content (AvgIpc) is 2.82. The normalized spacial score (nSPS) is 28.2. The van der Waals surface area contributed by atoms with Crippen molar-refractivity contribution in [3.05, 3.63) is 17.5 Å². The molecule has 94 valence electrons. The molecule has 1 atom stereocenters. The van der Waals surface area contributed by atoms with Gasteiger partial charge in [-0.1, -0.05) is 0 Å². The summed E-state index contributed by atoms with van der Waals surface area (Å²) in [4.78, 5) is 0. The van der Waals surface area contributed by atoms with E-state index in [2.05, 4.69) is 23.5 Å². The van der Waals surface area contributed by atoms with Gasteiger partial charge in [0.05, 0.1) is 23.2 Å². The molecule has 5 nitrogen and oxygen atoms in total. The zero-order valence-corrected chi connectivity index (χ0v) is 10.7. The summed E-state index contributed by atoms with van der Waals surface area (Å²) in [5.74, 6) is 0.603. The SMILES string of the molecule is C[C@@H]1NCc2cn(C3CCS(=O)(=O)CC3)nc21. The predicted molar refractivity (Wildman–Crippen MR) is 64.4 cm³/mol. The van der Waals surface area contributed by atoms with E-state index < -0.39 is 9.84 Å². The van der Waals surface area contributed by atoms with Gasteiger partial charge in [-0.3, -0.25) is 4.68 Å². The third-order valence-electron chi connectivity index (χ3n) is 3.75. The van der Waals surface area contributed by atoms with Crippen LogP contribution in [0.25, 0.3) is 0 Å². The van der Waals surface area contributed by atoms with Crippen LogP contribution >= 0.6 is 0 Å². The van der Waals surface area contributed by atoms with E-state index in [1.54, 1.807) is 0 Å². The number of rotatable bonds is 1. The number of fused-ring (bicyclic) bond motifs is 1. The van der Waals surface area contributed by atoms with E-state index in [1.807, 2.05) is 4.68 Å². The first-order chi connectivity index (χ1) is 8.05. The van der Waals surface area contributed by atoms with Crippen LogP contribution in [0.2, 0.25) is 0 Å². The maximum absolute atomic E-state index is 11.4. The lowest BCUT2D eigenvalue weighted by Gasteiger charge is -2.22. The van der Waals surface area contributed by atoms with Crippen molar-refractivity contribution in [1.82, 2.24) is 15.1 Å². The van der Waals surface area contributed by atoms with E-state index in [1.165, 1.54) is 5.56 Å². The molecule has 0 bridgehead atoms. The Hall–Kier alpha value is -0.880. The standard InChI is InChI=1S/C11H17N3O2S/c1-8-11-9(6-12-8)7-14(13-11)10-2-4-17(15,16)5-3-10/h7-8,10,12H,2-6H2,1H3/t8-/m0/s1. The molecule has 6 heteroatoms. The second-order valence-electron chi connectivity index (χ2n) is 5.01. The van der Waals surface area contributed by atoms with E-state index in [-0.39, 0.29) is 6.04 Å². The minimum absolute atomic E-state index is 0.260. The van der Waals surface area contributed by atoms with Crippen LogP contribution in [0.3, 0.4) is 0 Å². The molecule has 1 fully saturated rings. The van der Waals surface area contributed by atoms with Crippen LogP contribution in [0.4, 0.5) is 0 Å². The maximum Gasteiger partial charge on any atom is 0.150 e. The molecule has 3 rings (SSSR count). The van der Waals surface area contributed by atoms with E-state index >= 15 is 0 Å². The van der Waals surface area contributed by atoms with Crippen molar-refractivity contribution in [2.45, 2.75) is 38.4 Å². The lowest BCUT2D eigenvalue weighted by Crippen LogP contribution is -2.26. The molecule has 3 heterocycles. The van der Waals surface area contributed by atoms with Gasteiger partial charge in [0.1, 0.15) is 9.84 Å². The van der Waals surface area contributed by atoms with Gasteiger partial charge in [-0.2, -0.15) is 5.10 Å². The van der Waals surface area contributed by atoms with Crippen molar-refractivity contribution in [3.8, 4) is 0 Å². The van der Waals surface area contributed by atoms with Crippen LogP contribution < -0.4 is 5.32 Å². The van der Waals surface area contributed by atoms with Gasteiger partial charge in [0.2, 0.25) is 0 Å². The Morgan fingerprint density at radius 2 is 2.12 bits per heavy atom. The summed E-state index contributed by atoms with van der Waals surface area (Å²) < 4.78 is 24.7. The Morgan fingerprint density at radius 1 is 1.41 bits per heavy atom. The molecular formula is C11H17N3O2S. The lowest BCUT2D eigenvalue weighted by molar-refractivity contribution is 0.405. The van der Waals surface area contributed by atoms with Gasteiger partial charge >= 0.3 is 0 Å². The summed E-state index contributed by atoms with van der Waals surface area (Å²) in [5, 5.41) is 7.94. The van der Waals surface area contributed by atoms with Crippen molar-refractivity contribution in [2.24, 2.45) is 0 Å². The third-order valence-corrected chi connectivity index (χ3v) is 5.46. The van der Waals surface area contributed by atoms with Crippen LogP contribution in [-0.4, -0.2) is 29.7 Å². The minimum Gasteiger partial charge on any atom is -0.305 e. The summed E-state index contributed by atoms with van der Waals surface area (Å²) in [6, 6.07) is 0.579. The van der Waals surface area contributed by atoms with Crippen LogP contribution in [0.5, 0.6) is 0 Å². The Morgan fingerprint density at radius 3 is 2.76 bits per heavy atom. The Bertz CT molecular complexity index is 521. The predicted octanol–water partition coefficient (Wildman–Crippen LogP) is 0.797. The Kier molecular flexibility index (Phi) is 2.52. The summed E-state index contributed by atoms with van der Waals surface area (Å²) >= 11 is 0. The van der Waals surface area contributed by atoms with Gasteiger partial charge in [0.25, 0.3) is 0 Å². The number of nitrogens with zero attached hydrogens (tertiary/aromatic N) is 2. The van der Waals surface area contributed by atoms with Gasteiger partial charge in [0, 0.05) is 24.3 Å². The van der Waals surface area contributed by atoms with Crippen LogP contribution in [0.15, 0.2) is 6.20 Å². The summed E-state index contributed by atoms with van der Waals surface area (Å²) in [5.41, 5.74) is 2.38. The zero-order valence-electron chi connectivity index (χ0n) is 9.89. The second-order valence-corrected chi connectivity index (χ2v) is 7.31. The molecule has 1 N–H and O–H groups in total. The highest BCUT2D eigenvalue weighted by molar-refractivity contribution is 7.91. The molecule has 0 aromatic carbocycles. The largest absolute Gasteiger partial charge is 0.305 e. The van der Waals surface area contributed by atoms with Gasteiger partial charge in [0.15, 0.2) is 0 Å². The lowest BCUT2D eigenvalue weighted by atomic mass is 10.2. The van der Waals surface area contributed by atoms with Crippen molar-refractivity contribution in [1.29, 1.82) is 0 Å². The van der Waals surface area contributed by atoms with Crippen molar-refractivity contribution in [3.63, 3.8) is 0 Å². The first kappa shape index (κ1) is 11.2. The smallest absolute Gasteiger partial charge is 0.150 e. The number of hydrogen-bond acceptors (Lipinski definition) is 4. The fourth-order valence-corrected chi connectivity index (χ4v) is 4.10. The first-order valence-electron chi connectivity index (χ1n) is 6.07. The highest BCUT2D eigenvalue weighted by Crippen LogP contribution is 2.28. The molecule has 1 saturated heterocycles. The Balaban J connectivity index is 1.80. The van der Waals surface area contributed by atoms with Crippen LogP contribution in [0.1, 0.15) is 43.1 Å². The minimum atomic E-state index is -2.78. The van der Waals surface area contributed by atoms with Gasteiger partial charge < -0.3 is 5.32 Å². The molecule has 0 unspecified atom stereocenters. The van der Waals surface area contributed by atoms with Crippen LogP contribution in [-0.2, 0) is 16.4 Å². The van der Waals surface area contributed by atoms with E-state index in [0.29, 0.717) is 30.4 Å². The van der Waals surface area contributed by atoms with Gasteiger partial charge in [-0.05, 0) is 19.8 Å². The van der Waals surface area contributed by atoms with Gasteiger partial charge in [-0.25, -0.2) is 8.42 Å². The highest BCUT2D eigenvalue weighted by atomic mass is 32.2. The van der Waals surface area contributed by atoms with Crippen molar-refractivity contribution < 1.29 is 8.42 Å². The third kappa shape index (κ3) is 1.99. The average molecular weight is 255 g/mol. The van der Waals surface area contributed by atoms with E-state index in [4.69, 9.17) is 0 Å². The molecular weight excluding hydrogens is 238 g/mol. The summed E-state index contributed by atoms with van der Waals surface area (Å²) in [6.45, 7) is 2.98. The number of sulfone groups is 1. The number of aromatic nitrogens is 2. The molecule has 17 heavy (non-hydrogen) atoms. The molecule has 1 aromatic heterocycles. The van der Waals surface area contributed by atoms with Gasteiger partial charge in [-0.15, -0.1) is 0 Å². The molecule has 2 aliphatic heterocycles. The zero-order chi connectivity index (χ0) is 12.0. The van der Waals surface area contributed by atoms with E-state index in [0.717, 1.165) is 12.2 Å². The molecule has 0 amide bonds. The molecule has 0 saturated carbocycles.